The molecule has 2 aromatic rings. The van der Waals surface area contributed by atoms with E-state index in [1.165, 1.54) is 6.42 Å². The zero-order chi connectivity index (χ0) is 18.2. The summed E-state index contributed by atoms with van der Waals surface area (Å²) in [5.74, 6) is 0.778. The second-order valence-electron chi connectivity index (χ2n) is 6.43. The second-order valence-corrected chi connectivity index (χ2v) is 6.43. The molecule has 1 N–H and O–H groups in total. The quantitative estimate of drug-likeness (QED) is 0.774. The Hall–Kier alpha value is -2.82. The first-order valence-electron chi connectivity index (χ1n) is 9.00. The van der Waals surface area contributed by atoms with Crippen LogP contribution < -0.4 is 10.1 Å². The predicted octanol–water partition coefficient (Wildman–Crippen LogP) is 4.54. The van der Waals surface area contributed by atoms with E-state index in [9.17, 15) is 9.59 Å². The average Bonchev–Trinajstić information content (AvgIpc) is 2.69. The molecule has 5 nitrogen and oxygen atoms in total. The zero-order valence-electron chi connectivity index (χ0n) is 14.6. The number of esters is 1. The van der Waals surface area contributed by atoms with E-state index in [4.69, 9.17) is 9.47 Å². The summed E-state index contributed by atoms with van der Waals surface area (Å²) < 4.78 is 10.8. The molecule has 0 spiro atoms. The molecule has 0 heterocycles. The fourth-order valence-corrected chi connectivity index (χ4v) is 3.02. The number of hydrogen-bond donors (Lipinski definition) is 1. The number of carbonyl (C=O) groups is 2. The van der Waals surface area contributed by atoms with Crippen LogP contribution in [0.2, 0.25) is 0 Å². The van der Waals surface area contributed by atoms with E-state index in [0.717, 1.165) is 31.4 Å². The molecule has 1 fully saturated rings. The molecule has 0 aliphatic heterocycles. The van der Waals surface area contributed by atoms with Crippen molar-refractivity contribution in [3.05, 3.63) is 54.6 Å². The van der Waals surface area contributed by atoms with Gasteiger partial charge >= 0.3 is 5.97 Å². The maximum atomic E-state index is 12.0. The Morgan fingerprint density at radius 3 is 2.23 bits per heavy atom. The molecule has 1 aliphatic carbocycles. The molecular weight excluding hydrogens is 330 g/mol. The third-order valence-corrected chi connectivity index (χ3v) is 4.40. The lowest BCUT2D eigenvalue weighted by molar-refractivity contribution is -0.152. The lowest BCUT2D eigenvalue weighted by Gasteiger charge is -2.19. The van der Waals surface area contributed by atoms with Crippen molar-refractivity contribution in [3.8, 4) is 11.5 Å². The minimum Gasteiger partial charge on any atom is -0.457 e. The molecule has 2 aromatic carbocycles. The fraction of sp³-hybridized carbons (Fsp3) is 0.333. The van der Waals surface area contributed by atoms with E-state index in [0.29, 0.717) is 11.4 Å². The number of anilines is 1. The maximum Gasteiger partial charge on any atom is 0.309 e. The van der Waals surface area contributed by atoms with E-state index >= 15 is 0 Å². The third kappa shape index (κ3) is 5.34. The summed E-state index contributed by atoms with van der Waals surface area (Å²) in [6.45, 7) is -0.252. The number of hydrogen-bond acceptors (Lipinski definition) is 4. The van der Waals surface area contributed by atoms with Gasteiger partial charge in [-0.3, -0.25) is 9.59 Å². The molecular formula is C21H23NO4. The highest BCUT2D eigenvalue weighted by atomic mass is 16.5. The smallest absolute Gasteiger partial charge is 0.309 e. The van der Waals surface area contributed by atoms with Gasteiger partial charge < -0.3 is 14.8 Å². The van der Waals surface area contributed by atoms with Crippen LogP contribution in [-0.2, 0) is 14.3 Å². The van der Waals surface area contributed by atoms with E-state index in [1.807, 2.05) is 30.3 Å². The van der Waals surface area contributed by atoms with Gasteiger partial charge in [-0.05, 0) is 49.2 Å². The Labute approximate surface area is 153 Å². The van der Waals surface area contributed by atoms with Crippen molar-refractivity contribution in [1.29, 1.82) is 0 Å². The summed E-state index contributed by atoms with van der Waals surface area (Å²) in [6.07, 6.45) is 5.02. The Kier molecular flexibility index (Phi) is 6.25. The predicted molar refractivity (Wildman–Crippen MR) is 99.1 cm³/mol. The average molecular weight is 353 g/mol. The van der Waals surface area contributed by atoms with Crippen LogP contribution >= 0.6 is 0 Å². The van der Waals surface area contributed by atoms with E-state index < -0.39 is 0 Å². The number of carbonyl (C=O) groups excluding carboxylic acids is 2. The van der Waals surface area contributed by atoms with Crippen LogP contribution in [-0.4, -0.2) is 18.5 Å². The Morgan fingerprint density at radius 2 is 1.54 bits per heavy atom. The van der Waals surface area contributed by atoms with Crippen LogP contribution in [0.15, 0.2) is 54.6 Å². The molecule has 0 aromatic heterocycles. The molecule has 26 heavy (non-hydrogen) atoms. The summed E-state index contributed by atoms with van der Waals surface area (Å²) in [5.41, 5.74) is 0.629. The van der Waals surface area contributed by atoms with Crippen molar-refractivity contribution in [2.75, 3.05) is 11.9 Å². The van der Waals surface area contributed by atoms with Crippen molar-refractivity contribution in [2.24, 2.45) is 5.92 Å². The highest BCUT2D eigenvalue weighted by Gasteiger charge is 2.23. The summed E-state index contributed by atoms with van der Waals surface area (Å²) in [4.78, 5) is 23.9. The molecule has 1 amide bonds. The molecule has 3 rings (SSSR count). The molecule has 1 aliphatic rings. The SMILES string of the molecule is O=C(COC(=O)C1CCCCC1)Nc1ccc(Oc2ccccc2)cc1. The first kappa shape index (κ1) is 18.0. The molecule has 0 radical (unpaired) electrons. The van der Waals surface area contributed by atoms with Crippen molar-refractivity contribution in [1.82, 2.24) is 0 Å². The summed E-state index contributed by atoms with van der Waals surface area (Å²) in [6, 6.07) is 16.5. The van der Waals surface area contributed by atoms with Gasteiger partial charge in [-0.2, -0.15) is 0 Å². The Balaban J connectivity index is 1.44. The number of nitrogens with one attached hydrogen (secondary N) is 1. The van der Waals surface area contributed by atoms with Crippen LogP contribution in [0.1, 0.15) is 32.1 Å². The van der Waals surface area contributed by atoms with Crippen LogP contribution in [0.25, 0.3) is 0 Å². The molecule has 0 saturated heterocycles. The number of para-hydroxylation sites is 1. The van der Waals surface area contributed by atoms with Crippen LogP contribution in [0, 0.1) is 5.92 Å². The minimum absolute atomic E-state index is 0.0500. The number of rotatable bonds is 6. The van der Waals surface area contributed by atoms with Crippen molar-refractivity contribution >= 4 is 17.6 Å². The maximum absolute atomic E-state index is 12.0. The largest absolute Gasteiger partial charge is 0.457 e. The van der Waals surface area contributed by atoms with E-state index in [-0.39, 0.29) is 24.4 Å². The molecule has 0 atom stereocenters. The summed E-state index contributed by atoms with van der Waals surface area (Å²) in [7, 11) is 0. The topological polar surface area (TPSA) is 64.6 Å². The molecule has 5 heteroatoms. The van der Waals surface area contributed by atoms with Gasteiger partial charge in [0.05, 0.1) is 5.92 Å². The second kappa shape index (κ2) is 9.04. The highest BCUT2D eigenvalue weighted by molar-refractivity contribution is 5.92. The molecule has 0 bridgehead atoms. The lowest BCUT2D eigenvalue weighted by atomic mass is 9.89. The monoisotopic (exact) mass is 353 g/mol. The van der Waals surface area contributed by atoms with Crippen molar-refractivity contribution in [3.63, 3.8) is 0 Å². The van der Waals surface area contributed by atoms with Crippen LogP contribution in [0.4, 0.5) is 5.69 Å². The summed E-state index contributed by atoms with van der Waals surface area (Å²) >= 11 is 0. The third-order valence-electron chi connectivity index (χ3n) is 4.40. The van der Waals surface area contributed by atoms with E-state index in [1.54, 1.807) is 24.3 Å². The van der Waals surface area contributed by atoms with Crippen molar-refractivity contribution < 1.29 is 19.1 Å². The number of benzene rings is 2. The van der Waals surface area contributed by atoms with Gasteiger partial charge in [-0.15, -0.1) is 0 Å². The Morgan fingerprint density at radius 1 is 0.885 bits per heavy atom. The number of amides is 1. The minimum atomic E-state index is -0.342. The number of ether oxygens (including phenoxy) is 2. The first-order chi connectivity index (χ1) is 12.7. The van der Waals surface area contributed by atoms with Gasteiger partial charge in [-0.25, -0.2) is 0 Å². The highest BCUT2D eigenvalue weighted by Crippen LogP contribution is 2.25. The Bertz CT molecular complexity index is 721. The molecule has 136 valence electrons. The van der Waals surface area contributed by atoms with Crippen LogP contribution in [0.3, 0.4) is 0 Å². The van der Waals surface area contributed by atoms with Gasteiger partial charge in [0.1, 0.15) is 11.5 Å². The van der Waals surface area contributed by atoms with Gasteiger partial charge in [-0.1, -0.05) is 37.5 Å². The standard InChI is InChI=1S/C21H23NO4/c23-20(15-25-21(24)16-7-3-1-4-8-16)22-17-11-13-19(14-12-17)26-18-9-5-2-6-10-18/h2,5-6,9-14,16H,1,3-4,7-8,15H2,(H,22,23). The zero-order valence-corrected chi connectivity index (χ0v) is 14.6. The van der Waals surface area contributed by atoms with Crippen LogP contribution in [0.5, 0.6) is 11.5 Å². The van der Waals surface area contributed by atoms with Gasteiger partial charge in [0, 0.05) is 5.69 Å². The van der Waals surface area contributed by atoms with E-state index in [2.05, 4.69) is 5.32 Å². The first-order valence-corrected chi connectivity index (χ1v) is 9.00. The molecule has 1 saturated carbocycles. The normalized spacial score (nSPS) is 14.5. The lowest BCUT2D eigenvalue weighted by Crippen LogP contribution is -2.25. The van der Waals surface area contributed by atoms with Gasteiger partial charge in [0.2, 0.25) is 0 Å². The fourth-order valence-electron chi connectivity index (χ4n) is 3.02. The summed E-state index contributed by atoms with van der Waals surface area (Å²) in [5, 5.41) is 2.72. The van der Waals surface area contributed by atoms with Gasteiger partial charge in [0.15, 0.2) is 6.61 Å². The molecule has 0 unspecified atom stereocenters. The van der Waals surface area contributed by atoms with Crippen molar-refractivity contribution in [2.45, 2.75) is 32.1 Å². The van der Waals surface area contributed by atoms with Gasteiger partial charge in [0.25, 0.3) is 5.91 Å².